The summed E-state index contributed by atoms with van der Waals surface area (Å²) in [6, 6.07) is 18.5. The SMILES string of the molecule is Cc1cc(C(=O)N2Cc3cccn3Cc3ccc(C(=O)O)cc32)ccc1-c1ccccc1C(F)(F)F. The number of halogens is 3. The smallest absolute Gasteiger partial charge is 0.417 e. The number of hydrogen-bond donors (Lipinski definition) is 1. The molecule has 182 valence electrons. The molecule has 0 saturated heterocycles. The fourth-order valence-electron chi connectivity index (χ4n) is 4.66. The van der Waals surface area contributed by atoms with Crippen molar-refractivity contribution in [3.8, 4) is 11.1 Å². The molecule has 2 heterocycles. The molecule has 1 N–H and O–H groups in total. The highest BCUT2D eigenvalue weighted by Crippen LogP contribution is 2.38. The Balaban J connectivity index is 1.57. The topological polar surface area (TPSA) is 62.5 Å². The molecule has 0 atom stereocenters. The molecule has 1 amide bonds. The lowest BCUT2D eigenvalue weighted by Crippen LogP contribution is -2.31. The van der Waals surface area contributed by atoms with Crippen molar-refractivity contribution < 1.29 is 27.9 Å². The number of carboxylic acids is 1. The van der Waals surface area contributed by atoms with Gasteiger partial charge in [-0.2, -0.15) is 13.2 Å². The lowest BCUT2D eigenvalue weighted by molar-refractivity contribution is -0.137. The second kappa shape index (κ2) is 8.71. The molecule has 0 radical (unpaired) electrons. The maximum atomic E-state index is 13.7. The summed E-state index contributed by atoms with van der Waals surface area (Å²) in [6.07, 6.45) is -2.61. The number of nitrogens with zero attached hydrogens (tertiary/aromatic N) is 2. The zero-order valence-electron chi connectivity index (χ0n) is 19.2. The Kier molecular flexibility index (Phi) is 5.67. The maximum Gasteiger partial charge on any atom is 0.417 e. The van der Waals surface area contributed by atoms with E-state index >= 15 is 0 Å². The third-order valence-electron chi connectivity index (χ3n) is 6.45. The number of aromatic nitrogens is 1. The fraction of sp³-hybridized carbons (Fsp3) is 0.143. The summed E-state index contributed by atoms with van der Waals surface area (Å²) >= 11 is 0. The van der Waals surface area contributed by atoms with E-state index in [1.54, 1.807) is 25.1 Å². The summed E-state index contributed by atoms with van der Waals surface area (Å²) in [6.45, 7) is 2.37. The van der Waals surface area contributed by atoms with Gasteiger partial charge in [0.05, 0.1) is 23.4 Å². The van der Waals surface area contributed by atoms with Gasteiger partial charge in [-0.05, 0) is 71.6 Å². The molecular weight excluding hydrogens is 469 g/mol. The Morgan fingerprint density at radius 2 is 1.61 bits per heavy atom. The van der Waals surface area contributed by atoms with Gasteiger partial charge in [0.2, 0.25) is 0 Å². The van der Waals surface area contributed by atoms with Crippen LogP contribution in [0.15, 0.2) is 79.0 Å². The predicted molar refractivity (Wildman–Crippen MR) is 129 cm³/mol. The van der Waals surface area contributed by atoms with Crippen molar-refractivity contribution in [1.82, 2.24) is 4.57 Å². The number of anilines is 1. The summed E-state index contributed by atoms with van der Waals surface area (Å²) in [5.74, 6) is -1.47. The molecule has 1 aliphatic heterocycles. The Morgan fingerprint density at radius 1 is 0.861 bits per heavy atom. The van der Waals surface area contributed by atoms with Crippen LogP contribution in [-0.2, 0) is 19.3 Å². The number of carbonyl (C=O) groups excluding carboxylic acids is 1. The number of carboxylic acid groups (broad SMARTS) is 1. The Hall–Kier alpha value is -4.33. The summed E-state index contributed by atoms with van der Waals surface area (Å²) in [7, 11) is 0. The number of aryl methyl sites for hydroxylation is 1. The maximum absolute atomic E-state index is 13.7. The monoisotopic (exact) mass is 490 g/mol. The molecule has 4 aromatic rings. The van der Waals surface area contributed by atoms with Crippen molar-refractivity contribution in [2.75, 3.05) is 4.90 Å². The van der Waals surface area contributed by atoms with E-state index in [-0.39, 0.29) is 23.6 Å². The molecule has 8 heteroatoms. The van der Waals surface area contributed by atoms with E-state index in [9.17, 15) is 27.9 Å². The molecule has 5 rings (SSSR count). The molecule has 36 heavy (non-hydrogen) atoms. The number of benzene rings is 3. The van der Waals surface area contributed by atoms with Crippen LogP contribution >= 0.6 is 0 Å². The van der Waals surface area contributed by atoms with Gasteiger partial charge in [0.15, 0.2) is 0 Å². The highest BCUT2D eigenvalue weighted by atomic mass is 19.4. The van der Waals surface area contributed by atoms with Crippen LogP contribution in [0.4, 0.5) is 18.9 Å². The van der Waals surface area contributed by atoms with Gasteiger partial charge in [0.1, 0.15) is 0 Å². The average molecular weight is 490 g/mol. The van der Waals surface area contributed by atoms with Gasteiger partial charge in [-0.15, -0.1) is 0 Å². The number of hydrogen-bond acceptors (Lipinski definition) is 2. The van der Waals surface area contributed by atoms with Crippen molar-refractivity contribution in [2.45, 2.75) is 26.2 Å². The minimum Gasteiger partial charge on any atom is -0.478 e. The first kappa shape index (κ1) is 23.4. The normalized spacial score (nSPS) is 13.1. The minimum atomic E-state index is -4.51. The highest BCUT2D eigenvalue weighted by molar-refractivity contribution is 6.07. The number of amides is 1. The van der Waals surface area contributed by atoms with E-state index in [1.165, 1.54) is 41.3 Å². The number of rotatable bonds is 3. The molecule has 0 spiro atoms. The molecule has 0 aliphatic carbocycles. The van der Waals surface area contributed by atoms with Gasteiger partial charge in [-0.1, -0.05) is 30.3 Å². The first-order chi connectivity index (χ1) is 17.1. The summed E-state index contributed by atoms with van der Waals surface area (Å²) < 4.78 is 42.7. The third kappa shape index (κ3) is 4.15. The zero-order chi connectivity index (χ0) is 25.6. The van der Waals surface area contributed by atoms with Crippen molar-refractivity contribution in [3.05, 3.63) is 113 Å². The predicted octanol–water partition coefficient (Wildman–Crippen LogP) is 6.39. The van der Waals surface area contributed by atoms with E-state index in [2.05, 4.69) is 0 Å². The molecule has 0 unspecified atom stereocenters. The molecule has 3 aromatic carbocycles. The van der Waals surface area contributed by atoms with E-state index in [1.807, 2.05) is 22.9 Å². The minimum absolute atomic E-state index is 0.0468. The van der Waals surface area contributed by atoms with E-state index < -0.39 is 17.7 Å². The van der Waals surface area contributed by atoms with Gasteiger partial charge in [0.25, 0.3) is 5.91 Å². The standard InChI is InChI=1S/C28H21F3N2O3/c1-17-13-18(10-11-22(17)23-6-2-3-7-24(23)28(29,30)31)26(34)33-16-21-5-4-12-32(21)15-20-9-8-19(27(35)36)14-25(20)33/h2-14H,15-16H2,1H3,(H,35,36). The average Bonchev–Trinajstić information content (AvgIpc) is 3.22. The lowest BCUT2D eigenvalue weighted by Gasteiger charge is -2.24. The van der Waals surface area contributed by atoms with Crippen LogP contribution in [0.3, 0.4) is 0 Å². The molecule has 1 aromatic heterocycles. The van der Waals surface area contributed by atoms with Crippen LogP contribution < -0.4 is 4.90 Å². The summed E-state index contributed by atoms with van der Waals surface area (Å²) in [5.41, 5.74) is 2.74. The van der Waals surface area contributed by atoms with Crippen LogP contribution in [-0.4, -0.2) is 21.6 Å². The zero-order valence-corrected chi connectivity index (χ0v) is 19.2. The van der Waals surface area contributed by atoms with Crippen LogP contribution in [0.1, 0.15) is 43.1 Å². The number of carbonyl (C=O) groups is 2. The lowest BCUT2D eigenvalue weighted by atomic mass is 9.94. The Labute approximate surface area is 205 Å². The van der Waals surface area contributed by atoms with Crippen LogP contribution in [0, 0.1) is 6.92 Å². The fourth-order valence-corrected chi connectivity index (χ4v) is 4.66. The summed E-state index contributed by atoms with van der Waals surface area (Å²) in [4.78, 5) is 26.9. The quantitative estimate of drug-likeness (QED) is 0.362. The summed E-state index contributed by atoms with van der Waals surface area (Å²) in [5, 5.41) is 9.50. The van der Waals surface area contributed by atoms with Crippen molar-refractivity contribution in [3.63, 3.8) is 0 Å². The Morgan fingerprint density at radius 3 is 2.33 bits per heavy atom. The van der Waals surface area contributed by atoms with Gasteiger partial charge >= 0.3 is 12.1 Å². The second-order valence-electron chi connectivity index (χ2n) is 8.74. The largest absolute Gasteiger partial charge is 0.478 e. The van der Waals surface area contributed by atoms with Crippen molar-refractivity contribution in [2.24, 2.45) is 0 Å². The van der Waals surface area contributed by atoms with Crippen LogP contribution in [0.2, 0.25) is 0 Å². The third-order valence-corrected chi connectivity index (χ3v) is 6.45. The first-order valence-corrected chi connectivity index (χ1v) is 11.2. The van der Waals surface area contributed by atoms with Crippen molar-refractivity contribution >= 4 is 17.6 Å². The van der Waals surface area contributed by atoms with E-state index in [4.69, 9.17) is 0 Å². The number of aromatic carboxylic acids is 1. The van der Waals surface area contributed by atoms with Crippen LogP contribution in [0.25, 0.3) is 11.1 Å². The van der Waals surface area contributed by atoms with Crippen molar-refractivity contribution in [1.29, 1.82) is 0 Å². The van der Waals surface area contributed by atoms with Gasteiger partial charge in [-0.25, -0.2) is 4.79 Å². The second-order valence-corrected chi connectivity index (χ2v) is 8.74. The number of alkyl halides is 3. The van der Waals surface area contributed by atoms with Gasteiger partial charge in [0, 0.05) is 24.0 Å². The van der Waals surface area contributed by atoms with Gasteiger partial charge < -0.3 is 14.6 Å². The Bertz CT molecular complexity index is 1500. The molecular formula is C28H21F3N2O3. The highest BCUT2D eigenvalue weighted by Gasteiger charge is 2.34. The van der Waals surface area contributed by atoms with E-state index in [0.717, 1.165) is 17.3 Å². The van der Waals surface area contributed by atoms with E-state index in [0.29, 0.717) is 28.9 Å². The molecule has 1 aliphatic rings. The van der Waals surface area contributed by atoms with Crippen LogP contribution in [0.5, 0.6) is 0 Å². The van der Waals surface area contributed by atoms with Gasteiger partial charge in [-0.3, -0.25) is 4.79 Å². The molecule has 5 nitrogen and oxygen atoms in total. The molecule has 0 bridgehead atoms. The molecule has 0 fully saturated rings. The molecule has 0 saturated carbocycles. The first-order valence-electron chi connectivity index (χ1n) is 11.2. The number of fused-ring (bicyclic) bond motifs is 2.